The first kappa shape index (κ1) is 22.1. The first-order valence-corrected chi connectivity index (χ1v) is 9.79. The summed E-state index contributed by atoms with van der Waals surface area (Å²) in [5, 5.41) is 12.1. The number of nitrogens with one attached hydrogen (secondary N) is 1. The van der Waals surface area contributed by atoms with Crippen molar-refractivity contribution in [2.75, 3.05) is 18.5 Å². The van der Waals surface area contributed by atoms with E-state index in [1.807, 2.05) is 30.3 Å². The zero-order chi connectivity index (χ0) is 20.5. The highest BCUT2D eigenvalue weighted by molar-refractivity contribution is 6.33. The van der Waals surface area contributed by atoms with E-state index in [-0.39, 0.29) is 6.61 Å². The molecule has 2 N–H and O–H groups in total. The highest BCUT2D eigenvalue weighted by atomic mass is 35.5. The molecule has 0 aliphatic carbocycles. The van der Waals surface area contributed by atoms with Gasteiger partial charge in [-0.25, -0.2) is 4.98 Å². The maximum absolute atomic E-state index is 7.57. The fraction of sp³-hybridized carbons (Fsp3) is 0.286. The zero-order valence-electron chi connectivity index (χ0n) is 16.2. The first-order chi connectivity index (χ1) is 13.5. The molecule has 0 fully saturated rings. The topological polar surface area (TPSA) is 70.9 Å². The third-order valence-corrected chi connectivity index (χ3v) is 4.16. The minimum Gasteiger partial charge on any atom is -0.397 e. The number of nitrogens with zero attached hydrogens (tertiary/aromatic N) is 3. The van der Waals surface area contributed by atoms with E-state index in [4.69, 9.17) is 33.3 Å². The Morgan fingerprint density at radius 3 is 2.32 bits per heavy atom. The van der Waals surface area contributed by atoms with Crippen LogP contribution in [0.2, 0.25) is 10.0 Å². The Morgan fingerprint density at radius 1 is 1.04 bits per heavy atom. The summed E-state index contributed by atoms with van der Waals surface area (Å²) in [5.74, 6) is 1.22. The second-order valence-corrected chi connectivity index (χ2v) is 7.25. The largest absolute Gasteiger partial charge is 0.397 e. The van der Waals surface area contributed by atoms with E-state index in [1.165, 1.54) is 0 Å². The number of aliphatic hydroxyl groups is 1. The van der Waals surface area contributed by atoms with E-state index in [2.05, 4.69) is 29.1 Å². The fourth-order valence-corrected chi connectivity index (χ4v) is 2.69. The van der Waals surface area contributed by atoms with Gasteiger partial charge in [0.05, 0.1) is 16.9 Å². The lowest BCUT2D eigenvalue weighted by Gasteiger charge is -2.13. The van der Waals surface area contributed by atoms with Crippen molar-refractivity contribution >= 4 is 29.0 Å². The smallest absolute Gasteiger partial charge is 0.145 e. The molecule has 0 amide bonds. The lowest BCUT2D eigenvalue weighted by molar-refractivity contribution is 0.318. The van der Waals surface area contributed by atoms with Gasteiger partial charge >= 0.3 is 0 Å². The van der Waals surface area contributed by atoms with E-state index in [0.29, 0.717) is 27.5 Å². The van der Waals surface area contributed by atoms with Gasteiger partial charge < -0.3 is 10.4 Å². The second kappa shape index (κ2) is 11.0. The van der Waals surface area contributed by atoms with Crippen molar-refractivity contribution in [1.29, 1.82) is 0 Å². The number of hydrogen-bond acceptors (Lipinski definition) is 5. The van der Waals surface area contributed by atoms with Gasteiger partial charge in [0, 0.05) is 41.7 Å². The molecule has 0 unspecified atom stereocenters. The Hall–Kier alpha value is -2.21. The van der Waals surface area contributed by atoms with Gasteiger partial charge in [0.2, 0.25) is 0 Å². The lowest BCUT2D eigenvalue weighted by Crippen LogP contribution is -2.10. The van der Waals surface area contributed by atoms with E-state index in [0.717, 1.165) is 23.4 Å². The Morgan fingerprint density at radius 2 is 1.71 bits per heavy atom. The van der Waals surface area contributed by atoms with Crippen molar-refractivity contribution in [3.8, 4) is 22.5 Å². The van der Waals surface area contributed by atoms with Crippen LogP contribution in [0.1, 0.15) is 20.8 Å². The van der Waals surface area contributed by atoms with E-state index in [1.54, 1.807) is 25.5 Å². The molecule has 2 heterocycles. The molecule has 5 nitrogen and oxygen atoms in total. The quantitative estimate of drug-likeness (QED) is 0.565. The summed E-state index contributed by atoms with van der Waals surface area (Å²) < 4.78 is 0. The van der Waals surface area contributed by atoms with Gasteiger partial charge in [-0.3, -0.25) is 9.97 Å². The Labute approximate surface area is 175 Å². The number of benzene rings is 1. The molecule has 0 aliphatic heterocycles. The number of rotatable bonds is 5. The fourth-order valence-electron chi connectivity index (χ4n) is 2.36. The average Bonchev–Trinajstić information content (AvgIpc) is 2.68. The van der Waals surface area contributed by atoms with Crippen LogP contribution in [0, 0.1) is 5.92 Å². The van der Waals surface area contributed by atoms with Crippen LogP contribution in [0.15, 0.2) is 48.9 Å². The number of halogens is 2. The molecule has 7 heteroatoms. The van der Waals surface area contributed by atoms with E-state index >= 15 is 0 Å². The van der Waals surface area contributed by atoms with Crippen LogP contribution in [0.4, 0.5) is 5.82 Å². The van der Waals surface area contributed by atoms with Gasteiger partial charge in [-0.1, -0.05) is 49.2 Å². The summed E-state index contributed by atoms with van der Waals surface area (Å²) in [7, 11) is 0. The van der Waals surface area contributed by atoms with Crippen LogP contribution < -0.4 is 5.32 Å². The van der Waals surface area contributed by atoms with Gasteiger partial charge in [0.15, 0.2) is 0 Å². The SMILES string of the molecule is CC(C)CNc1cnc(-c2ccc(Cl)cc2)c(-c2ccncc2Cl)n1.CCO. The van der Waals surface area contributed by atoms with Crippen LogP contribution in [0.3, 0.4) is 0 Å². The van der Waals surface area contributed by atoms with Crippen LogP contribution in [-0.2, 0) is 0 Å². The van der Waals surface area contributed by atoms with Crippen molar-refractivity contribution in [3.63, 3.8) is 0 Å². The lowest BCUT2D eigenvalue weighted by atomic mass is 10.0. The number of aromatic nitrogens is 3. The van der Waals surface area contributed by atoms with Gasteiger partial charge in [-0.05, 0) is 31.0 Å². The van der Waals surface area contributed by atoms with Crippen LogP contribution in [0.25, 0.3) is 22.5 Å². The summed E-state index contributed by atoms with van der Waals surface area (Å²) in [5.41, 5.74) is 3.18. The molecule has 0 atom stereocenters. The van der Waals surface area contributed by atoms with Gasteiger partial charge in [-0.15, -0.1) is 0 Å². The molecule has 1 aromatic carbocycles. The second-order valence-electron chi connectivity index (χ2n) is 6.41. The van der Waals surface area contributed by atoms with E-state index in [9.17, 15) is 0 Å². The maximum Gasteiger partial charge on any atom is 0.145 e. The Balaban J connectivity index is 0.000000878. The molecule has 28 heavy (non-hydrogen) atoms. The predicted octanol–water partition coefficient (Wildman–Crippen LogP) is 5.58. The highest BCUT2D eigenvalue weighted by Crippen LogP contribution is 2.34. The molecule has 0 aliphatic rings. The maximum atomic E-state index is 7.57. The molecular formula is C21H24Cl2N4O. The number of hydrogen-bond donors (Lipinski definition) is 2. The summed E-state index contributed by atoms with van der Waals surface area (Å²) >= 11 is 12.4. The normalized spacial score (nSPS) is 10.4. The molecule has 0 bridgehead atoms. The highest BCUT2D eigenvalue weighted by Gasteiger charge is 2.15. The predicted molar refractivity (Wildman–Crippen MR) is 117 cm³/mol. The Kier molecular flexibility index (Phi) is 8.64. The molecule has 0 spiro atoms. The number of anilines is 1. The van der Waals surface area contributed by atoms with Gasteiger partial charge in [0.1, 0.15) is 11.5 Å². The van der Waals surface area contributed by atoms with Crippen molar-refractivity contribution in [3.05, 3.63) is 59.0 Å². The molecule has 0 radical (unpaired) electrons. The van der Waals surface area contributed by atoms with E-state index < -0.39 is 0 Å². The minimum atomic E-state index is 0.250. The molecular weight excluding hydrogens is 395 g/mol. The number of pyridine rings is 1. The van der Waals surface area contributed by atoms with Crippen LogP contribution in [0.5, 0.6) is 0 Å². The summed E-state index contributed by atoms with van der Waals surface area (Å²) in [6.45, 7) is 7.03. The zero-order valence-corrected chi connectivity index (χ0v) is 17.7. The first-order valence-electron chi connectivity index (χ1n) is 9.03. The summed E-state index contributed by atoms with van der Waals surface area (Å²) in [6.07, 6.45) is 5.05. The summed E-state index contributed by atoms with van der Waals surface area (Å²) in [6, 6.07) is 9.36. The van der Waals surface area contributed by atoms with Crippen LogP contribution >= 0.6 is 23.2 Å². The van der Waals surface area contributed by atoms with Crippen LogP contribution in [-0.4, -0.2) is 33.2 Å². The third kappa shape index (κ3) is 6.16. The molecule has 3 aromatic rings. The van der Waals surface area contributed by atoms with Gasteiger partial charge in [0.25, 0.3) is 0 Å². The average molecular weight is 419 g/mol. The monoisotopic (exact) mass is 418 g/mol. The van der Waals surface area contributed by atoms with Crippen molar-refractivity contribution in [2.45, 2.75) is 20.8 Å². The Bertz CT molecular complexity index is 886. The molecule has 2 aromatic heterocycles. The molecule has 3 rings (SSSR count). The minimum absolute atomic E-state index is 0.250. The van der Waals surface area contributed by atoms with Crippen molar-refractivity contribution < 1.29 is 5.11 Å². The van der Waals surface area contributed by atoms with Gasteiger partial charge in [-0.2, -0.15) is 0 Å². The van der Waals surface area contributed by atoms with Crippen molar-refractivity contribution in [2.24, 2.45) is 5.92 Å². The molecule has 0 saturated carbocycles. The third-order valence-electron chi connectivity index (χ3n) is 3.61. The summed E-state index contributed by atoms with van der Waals surface area (Å²) in [4.78, 5) is 13.4. The van der Waals surface area contributed by atoms with Crippen molar-refractivity contribution in [1.82, 2.24) is 15.0 Å². The molecule has 148 valence electrons. The molecule has 0 saturated heterocycles. The standard InChI is InChI=1S/C19H18Cl2N4.C2H6O/c1-12(2)9-23-17-11-24-18(13-3-5-14(20)6-4-13)19(25-17)15-7-8-22-10-16(15)21;1-2-3/h3-8,10-12H,9H2,1-2H3,(H,23,25);3H,2H2,1H3. The number of aliphatic hydroxyl groups excluding tert-OH is 1.